The van der Waals surface area contributed by atoms with Crippen molar-refractivity contribution in [2.75, 3.05) is 36.5 Å². The van der Waals surface area contributed by atoms with Gasteiger partial charge >= 0.3 is 5.97 Å². The van der Waals surface area contributed by atoms with Crippen molar-refractivity contribution in [2.24, 2.45) is 17.8 Å². The van der Waals surface area contributed by atoms with E-state index in [0.29, 0.717) is 35.8 Å². The lowest BCUT2D eigenvalue weighted by atomic mass is 10.0. The van der Waals surface area contributed by atoms with E-state index in [9.17, 15) is 10.1 Å². The summed E-state index contributed by atoms with van der Waals surface area (Å²) in [5.74, 6) is 2.27. The van der Waals surface area contributed by atoms with Gasteiger partial charge in [-0.05, 0) is 44.1 Å². The Hall–Kier alpha value is -2.29. The van der Waals surface area contributed by atoms with Crippen molar-refractivity contribution < 1.29 is 9.53 Å². The molecule has 0 amide bonds. The fraction of sp³-hybridized carbons (Fsp3) is 0.632. The van der Waals surface area contributed by atoms with Gasteiger partial charge in [-0.1, -0.05) is 0 Å². The van der Waals surface area contributed by atoms with Gasteiger partial charge in [0.15, 0.2) is 0 Å². The summed E-state index contributed by atoms with van der Waals surface area (Å²) in [6.45, 7) is 6.98. The molecule has 25 heavy (non-hydrogen) atoms. The smallest absolute Gasteiger partial charge is 0.305 e. The number of carbonyl (C=O) groups excluding carboxylic acids is 1. The number of methoxy groups -OCH3 is 1. The number of pyridine rings is 1. The molecule has 0 radical (unpaired) electrons. The highest BCUT2D eigenvalue weighted by Crippen LogP contribution is 2.55. The molecule has 1 aliphatic carbocycles. The molecule has 0 aromatic carbocycles. The van der Waals surface area contributed by atoms with Gasteiger partial charge in [0.2, 0.25) is 0 Å². The second kappa shape index (κ2) is 5.91. The number of fused-ring (bicyclic) bond motifs is 1. The lowest BCUT2D eigenvalue weighted by molar-refractivity contribution is -0.141. The second-order valence-electron chi connectivity index (χ2n) is 7.60. The summed E-state index contributed by atoms with van der Waals surface area (Å²) >= 11 is 0. The lowest BCUT2D eigenvalue weighted by Gasteiger charge is -2.41. The molecule has 1 aromatic rings. The van der Waals surface area contributed by atoms with Crippen LogP contribution in [0.4, 0.5) is 11.5 Å². The summed E-state index contributed by atoms with van der Waals surface area (Å²) in [5.41, 5.74) is 2.66. The summed E-state index contributed by atoms with van der Waals surface area (Å²) in [4.78, 5) is 20.7. The van der Waals surface area contributed by atoms with Gasteiger partial charge in [-0.15, -0.1) is 0 Å². The van der Waals surface area contributed by atoms with Crippen molar-refractivity contribution in [3.8, 4) is 6.07 Å². The first-order chi connectivity index (χ1) is 12.0. The van der Waals surface area contributed by atoms with Crippen LogP contribution in [0.15, 0.2) is 6.07 Å². The Kier molecular flexibility index (Phi) is 3.82. The Morgan fingerprint density at radius 1 is 1.44 bits per heavy atom. The van der Waals surface area contributed by atoms with Gasteiger partial charge in [0.05, 0.1) is 12.8 Å². The maximum absolute atomic E-state index is 11.5. The van der Waals surface area contributed by atoms with Gasteiger partial charge in [0.1, 0.15) is 17.5 Å². The van der Waals surface area contributed by atoms with Crippen LogP contribution in [0.5, 0.6) is 0 Å². The predicted molar refractivity (Wildman–Crippen MR) is 94.4 cm³/mol. The predicted octanol–water partition coefficient (Wildman–Crippen LogP) is 2.11. The van der Waals surface area contributed by atoms with Gasteiger partial charge < -0.3 is 14.5 Å². The van der Waals surface area contributed by atoms with E-state index in [1.165, 1.54) is 7.11 Å². The lowest BCUT2D eigenvalue weighted by Crippen LogP contribution is -2.46. The molecule has 4 rings (SSSR count). The largest absolute Gasteiger partial charge is 0.469 e. The van der Waals surface area contributed by atoms with Crippen LogP contribution in [-0.4, -0.2) is 43.7 Å². The first-order valence-corrected chi connectivity index (χ1v) is 9.03. The Morgan fingerprint density at radius 2 is 2.16 bits per heavy atom. The average Bonchev–Trinajstić information content (AvgIpc) is 3.02. The second-order valence-corrected chi connectivity index (χ2v) is 7.60. The molecule has 0 N–H and O–H groups in total. The van der Waals surface area contributed by atoms with Crippen molar-refractivity contribution in [2.45, 2.75) is 32.7 Å². The molecule has 2 saturated heterocycles. The zero-order valence-electron chi connectivity index (χ0n) is 15.0. The van der Waals surface area contributed by atoms with Crippen molar-refractivity contribution in [3.05, 3.63) is 17.3 Å². The van der Waals surface area contributed by atoms with Crippen LogP contribution >= 0.6 is 0 Å². The van der Waals surface area contributed by atoms with Gasteiger partial charge in [0.25, 0.3) is 0 Å². The fourth-order valence-corrected chi connectivity index (χ4v) is 4.46. The third-order valence-electron chi connectivity index (χ3n) is 6.15. The highest BCUT2D eigenvalue weighted by atomic mass is 16.5. The van der Waals surface area contributed by atoms with E-state index in [-0.39, 0.29) is 5.97 Å². The highest BCUT2D eigenvalue weighted by molar-refractivity contribution is 5.73. The summed E-state index contributed by atoms with van der Waals surface area (Å²) in [5, 5.41) is 9.78. The summed E-state index contributed by atoms with van der Waals surface area (Å²) in [7, 11) is 1.45. The minimum atomic E-state index is -0.113. The van der Waals surface area contributed by atoms with Crippen LogP contribution in [-0.2, 0) is 9.53 Å². The Morgan fingerprint density at radius 3 is 2.68 bits per heavy atom. The Labute approximate surface area is 148 Å². The van der Waals surface area contributed by atoms with Crippen LogP contribution < -0.4 is 9.80 Å². The molecule has 3 heterocycles. The highest BCUT2D eigenvalue weighted by Gasteiger charge is 2.56. The number of aromatic nitrogens is 1. The minimum Gasteiger partial charge on any atom is -0.469 e. The molecule has 3 fully saturated rings. The van der Waals surface area contributed by atoms with E-state index in [0.717, 1.165) is 43.3 Å². The number of anilines is 2. The molecule has 6 heteroatoms. The zero-order valence-corrected chi connectivity index (χ0v) is 15.0. The van der Waals surface area contributed by atoms with Crippen molar-refractivity contribution >= 4 is 17.5 Å². The van der Waals surface area contributed by atoms with Gasteiger partial charge in [-0.25, -0.2) is 4.98 Å². The number of hydrogen-bond donors (Lipinski definition) is 0. The van der Waals surface area contributed by atoms with Crippen molar-refractivity contribution in [1.82, 2.24) is 4.98 Å². The quantitative estimate of drug-likeness (QED) is 0.782. The number of piperidine rings is 1. The molecule has 132 valence electrons. The molecule has 1 saturated carbocycles. The molecule has 0 bridgehead atoms. The third-order valence-corrected chi connectivity index (χ3v) is 6.15. The SMILES string of the molecule is COC(=O)CC1[C@H]2CN(c3cc(C)nc(N4CC[C@@H]4C)c3C#N)C[C@@H]12. The number of carbonyl (C=O) groups is 1. The van der Waals surface area contributed by atoms with Crippen LogP contribution in [0.25, 0.3) is 0 Å². The topological polar surface area (TPSA) is 69.5 Å². The van der Waals surface area contributed by atoms with Crippen LogP contribution in [0.2, 0.25) is 0 Å². The molecular weight excluding hydrogens is 316 g/mol. The average molecular weight is 340 g/mol. The number of esters is 1. The summed E-state index contributed by atoms with van der Waals surface area (Å²) in [6, 6.07) is 4.88. The summed E-state index contributed by atoms with van der Waals surface area (Å²) in [6.07, 6.45) is 1.68. The van der Waals surface area contributed by atoms with E-state index in [1.807, 2.05) is 13.0 Å². The maximum atomic E-state index is 11.5. The minimum absolute atomic E-state index is 0.113. The van der Waals surface area contributed by atoms with Crippen LogP contribution in [0.1, 0.15) is 31.0 Å². The Balaban J connectivity index is 1.55. The van der Waals surface area contributed by atoms with Gasteiger partial charge in [0, 0.05) is 37.8 Å². The van der Waals surface area contributed by atoms with E-state index < -0.39 is 0 Å². The number of ether oxygens (including phenoxy) is 1. The maximum Gasteiger partial charge on any atom is 0.305 e. The van der Waals surface area contributed by atoms with Gasteiger partial charge in [-0.3, -0.25) is 4.79 Å². The molecule has 0 spiro atoms. The number of rotatable bonds is 4. The molecule has 6 nitrogen and oxygen atoms in total. The van der Waals surface area contributed by atoms with Crippen LogP contribution in [0, 0.1) is 36.0 Å². The normalized spacial score (nSPS) is 29.7. The van der Waals surface area contributed by atoms with Crippen LogP contribution in [0.3, 0.4) is 0 Å². The molecule has 2 aliphatic heterocycles. The molecule has 1 unspecified atom stereocenters. The van der Waals surface area contributed by atoms with Crippen molar-refractivity contribution in [3.63, 3.8) is 0 Å². The first-order valence-electron chi connectivity index (χ1n) is 9.03. The molecule has 4 atom stereocenters. The van der Waals surface area contributed by atoms with E-state index in [2.05, 4.69) is 27.8 Å². The van der Waals surface area contributed by atoms with Gasteiger partial charge in [-0.2, -0.15) is 5.26 Å². The van der Waals surface area contributed by atoms with E-state index in [4.69, 9.17) is 4.74 Å². The fourth-order valence-electron chi connectivity index (χ4n) is 4.46. The monoisotopic (exact) mass is 340 g/mol. The zero-order chi connectivity index (χ0) is 17.7. The number of nitriles is 1. The standard InChI is InChI=1S/C19H24N4O2/c1-11-6-17(14(8-20)19(21-11)23-5-4-12(23)2)22-9-15-13(16(15)10-22)7-18(24)25-3/h6,12-13,15-16H,4-5,7,9-10H2,1-3H3/t12-,13?,15-,16+/m0/s1. The molecule has 3 aliphatic rings. The first kappa shape index (κ1) is 16.2. The Bertz CT molecular complexity index is 745. The van der Waals surface area contributed by atoms with E-state index in [1.54, 1.807) is 0 Å². The molecule has 1 aromatic heterocycles. The summed E-state index contributed by atoms with van der Waals surface area (Å²) < 4.78 is 4.79. The number of hydrogen-bond acceptors (Lipinski definition) is 6. The number of aryl methyl sites for hydroxylation is 1. The molecular formula is C19H24N4O2. The third kappa shape index (κ3) is 2.62. The number of nitrogens with zero attached hydrogens (tertiary/aromatic N) is 4. The van der Waals surface area contributed by atoms with Crippen molar-refractivity contribution in [1.29, 1.82) is 5.26 Å². The van der Waals surface area contributed by atoms with E-state index >= 15 is 0 Å².